The lowest BCUT2D eigenvalue weighted by Crippen LogP contribution is -2.09. The van der Waals surface area contributed by atoms with Gasteiger partial charge in [-0.3, -0.25) is 4.79 Å². The first-order valence-electron chi connectivity index (χ1n) is 7.96. The van der Waals surface area contributed by atoms with Crippen molar-refractivity contribution in [2.75, 3.05) is 0 Å². The van der Waals surface area contributed by atoms with E-state index in [1.807, 2.05) is 54.6 Å². The number of rotatable bonds is 5. The average Bonchev–Trinajstić information content (AvgIpc) is 3.06. The highest BCUT2D eigenvalue weighted by molar-refractivity contribution is 5.77. The summed E-state index contributed by atoms with van der Waals surface area (Å²) < 4.78 is 11.3. The van der Waals surface area contributed by atoms with Gasteiger partial charge in [0.25, 0.3) is 0 Å². The van der Waals surface area contributed by atoms with E-state index in [4.69, 9.17) is 9.47 Å². The number of benzene rings is 2. The molecule has 3 nitrogen and oxygen atoms in total. The van der Waals surface area contributed by atoms with E-state index < -0.39 is 0 Å². The van der Waals surface area contributed by atoms with Gasteiger partial charge in [-0.05, 0) is 48.1 Å². The Kier molecular flexibility index (Phi) is 3.62. The lowest BCUT2D eigenvalue weighted by molar-refractivity contribution is -0.147. The van der Waals surface area contributed by atoms with Crippen LogP contribution in [0.2, 0.25) is 0 Å². The molecule has 0 aromatic heterocycles. The summed E-state index contributed by atoms with van der Waals surface area (Å²) in [6.07, 6.45) is 5.32. The van der Waals surface area contributed by atoms with Crippen LogP contribution in [0.15, 0.2) is 66.7 Å². The van der Waals surface area contributed by atoms with Crippen LogP contribution in [0.5, 0.6) is 11.5 Å². The predicted molar refractivity (Wildman–Crippen MR) is 87.0 cm³/mol. The third-order valence-electron chi connectivity index (χ3n) is 4.53. The number of allylic oxidation sites excluding steroid dienone is 2. The number of hydrogen-bond acceptors (Lipinski definition) is 3. The van der Waals surface area contributed by atoms with Gasteiger partial charge in [-0.15, -0.1) is 0 Å². The number of ether oxygens (including phenoxy) is 2. The molecule has 0 bridgehead atoms. The van der Waals surface area contributed by atoms with Crippen LogP contribution in [-0.4, -0.2) is 5.97 Å². The number of carbonyl (C=O) groups excluding carboxylic acids is 1. The summed E-state index contributed by atoms with van der Waals surface area (Å²) >= 11 is 0. The van der Waals surface area contributed by atoms with Crippen LogP contribution in [-0.2, 0) is 16.1 Å². The zero-order valence-electron chi connectivity index (χ0n) is 12.7. The first kappa shape index (κ1) is 14.1. The maximum Gasteiger partial charge on any atom is 0.310 e. The standard InChI is InChI=1S/C20H18O3/c21-20(19-17-10-5-11-18(17)19)22-13-14-6-4-9-16(12-14)23-15-7-2-1-3-8-15/h1-10,12,17-19H,11,13H2/t17-,18+,19-/m0/s1. The summed E-state index contributed by atoms with van der Waals surface area (Å²) in [5.74, 6) is 2.48. The quantitative estimate of drug-likeness (QED) is 0.609. The largest absolute Gasteiger partial charge is 0.461 e. The van der Waals surface area contributed by atoms with Crippen molar-refractivity contribution >= 4 is 5.97 Å². The Morgan fingerprint density at radius 2 is 1.87 bits per heavy atom. The van der Waals surface area contributed by atoms with Crippen LogP contribution < -0.4 is 4.74 Å². The lowest BCUT2D eigenvalue weighted by Gasteiger charge is -2.09. The van der Waals surface area contributed by atoms with Crippen molar-refractivity contribution in [3.63, 3.8) is 0 Å². The van der Waals surface area contributed by atoms with Gasteiger partial charge in [-0.25, -0.2) is 0 Å². The van der Waals surface area contributed by atoms with Crippen molar-refractivity contribution in [2.24, 2.45) is 17.8 Å². The van der Waals surface area contributed by atoms with E-state index in [0.717, 1.165) is 23.5 Å². The van der Waals surface area contributed by atoms with Crippen molar-refractivity contribution in [2.45, 2.75) is 13.0 Å². The molecule has 0 amide bonds. The molecule has 4 rings (SSSR count). The summed E-state index contributed by atoms with van der Waals surface area (Å²) in [5, 5.41) is 0. The SMILES string of the molecule is O=C(OCc1cccc(Oc2ccccc2)c1)[C@H]1[C@H]2C=CC[C@H]21. The van der Waals surface area contributed by atoms with Gasteiger partial charge in [0.1, 0.15) is 18.1 Å². The van der Waals surface area contributed by atoms with E-state index >= 15 is 0 Å². The molecule has 2 aromatic carbocycles. The molecule has 0 spiro atoms. The third kappa shape index (κ3) is 3.00. The van der Waals surface area contributed by atoms with Gasteiger partial charge in [0.05, 0.1) is 5.92 Å². The number of hydrogen-bond donors (Lipinski definition) is 0. The number of para-hydroxylation sites is 1. The molecule has 1 fully saturated rings. The summed E-state index contributed by atoms with van der Waals surface area (Å²) in [7, 11) is 0. The van der Waals surface area contributed by atoms with Crippen LogP contribution in [0, 0.1) is 17.8 Å². The lowest BCUT2D eigenvalue weighted by atomic mass is 10.2. The highest BCUT2D eigenvalue weighted by Gasteiger charge is 2.55. The molecule has 2 aromatic rings. The monoisotopic (exact) mass is 306 g/mol. The van der Waals surface area contributed by atoms with Crippen molar-refractivity contribution in [3.8, 4) is 11.5 Å². The van der Waals surface area contributed by atoms with E-state index in [1.165, 1.54) is 0 Å². The van der Waals surface area contributed by atoms with Crippen molar-refractivity contribution in [1.29, 1.82) is 0 Å². The molecule has 3 atom stereocenters. The van der Waals surface area contributed by atoms with Crippen LogP contribution in [0.3, 0.4) is 0 Å². The fourth-order valence-corrected chi connectivity index (χ4v) is 3.27. The predicted octanol–water partition coefficient (Wildman–Crippen LogP) is 4.34. The third-order valence-corrected chi connectivity index (χ3v) is 4.53. The Morgan fingerprint density at radius 1 is 1.04 bits per heavy atom. The van der Waals surface area contributed by atoms with Crippen LogP contribution in [0.25, 0.3) is 0 Å². The molecule has 3 heteroatoms. The average molecular weight is 306 g/mol. The van der Waals surface area contributed by atoms with Crippen molar-refractivity contribution < 1.29 is 14.3 Å². The minimum absolute atomic E-state index is 0.0706. The molecule has 0 N–H and O–H groups in total. The second kappa shape index (κ2) is 5.92. The van der Waals surface area contributed by atoms with Gasteiger partial charge >= 0.3 is 5.97 Å². The summed E-state index contributed by atoms with van der Waals surface area (Å²) in [5.41, 5.74) is 0.938. The minimum atomic E-state index is -0.0706. The molecule has 0 saturated heterocycles. The fraction of sp³-hybridized carbons (Fsp3) is 0.250. The number of esters is 1. The first-order chi connectivity index (χ1) is 11.3. The Hall–Kier alpha value is -2.55. The zero-order valence-corrected chi connectivity index (χ0v) is 12.7. The maximum absolute atomic E-state index is 12.1. The zero-order chi connectivity index (χ0) is 15.6. The molecule has 0 radical (unpaired) electrons. The van der Waals surface area contributed by atoms with E-state index in [-0.39, 0.29) is 11.9 Å². The van der Waals surface area contributed by atoms with Gasteiger partial charge < -0.3 is 9.47 Å². The molecule has 1 saturated carbocycles. The fourth-order valence-electron chi connectivity index (χ4n) is 3.27. The number of fused-ring (bicyclic) bond motifs is 1. The Balaban J connectivity index is 1.35. The molecule has 116 valence electrons. The van der Waals surface area contributed by atoms with Gasteiger partial charge in [0.2, 0.25) is 0 Å². The van der Waals surface area contributed by atoms with Crippen molar-refractivity contribution in [3.05, 3.63) is 72.3 Å². The highest BCUT2D eigenvalue weighted by Crippen LogP contribution is 2.54. The second-order valence-electron chi connectivity index (χ2n) is 6.10. The second-order valence-corrected chi connectivity index (χ2v) is 6.10. The number of carbonyl (C=O) groups is 1. The maximum atomic E-state index is 12.1. The van der Waals surface area contributed by atoms with Crippen molar-refractivity contribution in [1.82, 2.24) is 0 Å². The normalized spacial score (nSPS) is 24.1. The minimum Gasteiger partial charge on any atom is -0.461 e. The Labute approximate surface area is 135 Å². The van der Waals surface area contributed by atoms with Crippen LogP contribution >= 0.6 is 0 Å². The molecular weight excluding hydrogens is 288 g/mol. The van der Waals surface area contributed by atoms with E-state index in [0.29, 0.717) is 18.4 Å². The molecular formula is C20H18O3. The van der Waals surface area contributed by atoms with Gasteiger partial charge in [-0.2, -0.15) is 0 Å². The molecule has 0 unspecified atom stereocenters. The summed E-state index contributed by atoms with van der Waals surface area (Å²) in [6.45, 7) is 0.296. The van der Waals surface area contributed by atoms with Crippen LogP contribution in [0.1, 0.15) is 12.0 Å². The smallest absolute Gasteiger partial charge is 0.310 e. The molecule has 2 aliphatic carbocycles. The van der Waals surface area contributed by atoms with E-state index in [2.05, 4.69) is 12.2 Å². The van der Waals surface area contributed by atoms with Gasteiger partial charge in [0.15, 0.2) is 0 Å². The molecule has 2 aliphatic rings. The summed E-state index contributed by atoms with van der Waals surface area (Å²) in [6, 6.07) is 17.3. The van der Waals surface area contributed by atoms with Gasteiger partial charge in [0, 0.05) is 0 Å². The highest BCUT2D eigenvalue weighted by atomic mass is 16.5. The topological polar surface area (TPSA) is 35.5 Å². The Morgan fingerprint density at radius 3 is 2.65 bits per heavy atom. The van der Waals surface area contributed by atoms with E-state index in [1.54, 1.807) is 0 Å². The molecule has 0 aliphatic heterocycles. The molecule has 0 heterocycles. The Bertz CT molecular complexity index is 736. The van der Waals surface area contributed by atoms with E-state index in [9.17, 15) is 4.79 Å². The first-order valence-corrected chi connectivity index (χ1v) is 7.96. The van der Waals surface area contributed by atoms with Gasteiger partial charge in [-0.1, -0.05) is 42.5 Å². The molecule has 23 heavy (non-hydrogen) atoms. The summed E-state index contributed by atoms with van der Waals surface area (Å²) in [4.78, 5) is 12.1. The van der Waals surface area contributed by atoms with Crippen LogP contribution in [0.4, 0.5) is 0 Å².